The molecule has 1 saturated heterocycles. The summed E-state index contributed by atoms with van der Waals surface area (Å²) in [5.74, 6) is 3.00. The van der Waals surface area contributed by atoms with Gasteiger partial charge >= 0.3 is 0 Å². The van der Waals surface area contributed by atoms with Crippen LogP contribution in [0.1, 0.15) is 57.0 Å². The van der Waals surface area contributed by atoms with Gasteiger partial charge in [-0.1, -0.05) is 20.8 Å². The summed E-state index contributed by atoms with van der Waals surface area (Å²) < 4.78 is 5.75. The number of hydrogen-bond donors (Lipinski definition) is 0. The summed E-state index contributed by atoms with van der Waals surface area (Å²) in [4.78, 5) is 4.53. The normalized spacial score (nSPS) is 18.7. The van der Waals surface area contributed by atoms with E-state index in [2.05, 4.69) is 70.1 Å². The molecule has 3 heterocycles. The van der Waals surface area contributed by atoms with Crippen molar-refractivity contribution in [1.29, 1.82) is 0 Å². The lowest BCUT2D eigenvalue weighted by atomic mass is 9.92. The van der Waals surface area contributed by atoms with E-state index in [1.54, 1.807) is 0 Å². The number of aromatic nitrogens is 4. The van der Waals surface area contributed by atoms with Crippen LogP contribution in [0.5, 0.6) is 0 Å². The topological polar surface area (TPSA) is 71.2 Å². The van der Waals surface area contributed by atoms with Crippen molar-refractivity contribution in [2.24, 2.45) is 0 Å². The Morgan fingerprint density at radius 3 is 2.48 bits per heavy atom. The van der Waals surface area contributed by atoms with Gasteiger partial charge in [0.25, 0.3) is 0 Å². The predicted molar refractivity (Wildman–Crippen MR) is 94.5 cm³/mol. The van der Waals surface area contributed by atoms with Crippen LogP contribution in [-0.4, -0.2) is 51.5 Å². The summed E-state index contributed by atoms with van der Waals surface area (Å²) in [6, 6.07) is 4.63. The molecule has 0 aromatic carbocycles. The first-order valence-electron chi connectivity index (χ1n) is 9.02. The molecule has 2 fully saturated rings. The van der Waals surface area contributed by atoms with Crippen LogP contribution in [0.25, 0.3) is 0 Å². The van der Waals surface area contributed by atoms with Crippen molar-refractivity contribution in [3.8, 4) is 0 Å². The van der Waals surface area contributed by atoms with Gasteiger partial charge < -0.3 is 9.32 Å². The number of anilines is 1. The molecule has 0 N–H and O–H groups in total. The third kappa shape index (κ3) is 3.51. The van der Waals surface area contributed by atoms with Crippen LogP contribution in [0.2, 0.25) is 0 Å². The predicted octanol–water partition coefficient (Wildman–Crippen LogP) is 2.36. The molecule has 1 saturated carbocycles. The smallest absolute Gasteiger partial charge is 0.230 e. The Hall–Kier alpha value is -2.02. The second kappa shape index (κ2) is 6.05. The second-order valence-electron chi connectivity index (χ2n) is 8.31. The first-order valence-corrected chi connectivity index (χ1v) is 9.02. The van der Waals surface area contributed by atoms with Crippen molar-refractivity contribution in [2.75, 3.05) is 25.0 Å². The van der Waals surface area contributed by atoms with Gasteiger partial charge in [-0.3, -0.25) is 4.90 Å². The SMILES string of the molecule is CN(Cc1nnc(C2CC2)o1)C1CN(c2ccc(C(C)(C)C)nn2)C1. The summed E-state index contributed by atoms with van der Waals surface area (Å²) in [6.07, 6.45) is 2.37. The molecular formula is C18H26N6O. The van der Waals surface area contributed by atoms with Gasteiger partial charge in [0, 0.05) is 30.5 Å². The van der Waals surface area contributed by atoms with E-state index in [4.69, 9.17) is 4.42 Å². The maximum Gasteiger partial charge on any atom is 0.230 e. The van der Waals surface area contributed by atoms with E-state index in [0.29, 0.717) is 18.5 Å². The van der Waals surface area contributed by atoms with Gasteiger partial charge in [-0.05, 0) is 32.0 Å². The molecule has 7 nitrogen and oxygen atoms in total. The highest BCUT2D eigenvalue weighted by atomic mass is 16.4. The van der Waals surface area contributed by atoms with Crippen LogP contribution in [-0.2, 0) is 12.0 Å². The number of nitrogens with zero attached hydrogens (tertiary/aromatic N) is 6. The third-order valence-electron chi connectivity index (χ3n) is 5.02. The molecule has 2 aromatic heterocycles. The van der Waals surface area contributed by atoms with Gasteiger partial charge in [0.05, 0.1) is 12.2 Å². The number of rotatable bonds is 5. The molecule has 0 spiro atoms. The van der Waals surface area contributed by atoms with Crippen LogP contribution in [0.4, 0.5) is 5.82 Å². The highest BCUT2D eigenvalue weighted by Crippen LogP contribution is 2.39. The molecule has 1 aliphatic carbocycles. The molecule has 0 amide bonds. The molecular weight excluding hydrogens is 316 g/mol. The molecule has 7 heteroatoms. The summed E-state index contributed by atoms with van der Waals surface area (Å²) in [5, 5.41) is 17.1. The van der Waals surface area contributed by atoms with E-state index < -0.39 is 0 Å². The van der Waals surface area contributed by atoms with Gasteiger partial charge in [-0.15, -0.1) is 15.3 Å². The number of hydrogen-bond acceptors (Lipinski definition) is 7. The van der Waals surface area contributed by atoms with Crippen molar-refractivity contribution in [2.45, 2.75) is 57.5 Å². The third-order valence-corrected chi connectivity index (χ3v) is 5.02. The zero-order valence-corrected chi connectivity index (χ0v) is 15.4. The molecule has 2 aromatic rings. The molecule has 25 heavy (non-hydrogen) atoms. The van der Waals surface area contributed by atoms with Crippen LogP contribution in [0.15, 0.2) is 16.5 Å². The minimum atomic E-state index is 0.0344. The van der Waals surface area contributed by atoms with Crippen molar-refractivity contribution >= 4 is 5.82 Å². The Balaban J connectivity index is 1.30. The first kappa shape index (κ1) is 16.4. The molecule has 0 atom stereocenters. The standard InChI is InChI=1S/C18H26N6O/c1-18(2,3)14-7-8-15(20-19-14)24-9-13(10-24)23(4)11-16-21-22-17(25-16)12-5-6-12/h7-8,12-13H,5-6,9-11H2,1-4H3. The van der Waals surface area contributed by atoms with E-state index in [-0.39, 0.29) is 5.41 Å². The highest BCUT2D eigenvalue weighted by molar-refractivity contribution is 5.42. The molecule has 0 radical (unpaired) electrons. The minimum absolute atomic E-state index is 0.0344. The Labute approximate surface area is 148 Å². The first-order chi connectivity index (χ1) is 11.9. The maximum absolute atomic E-state index is 5.75. The van der Waals surface area contributed by atoms with Gasteiger partial charge in [-0.2, -0.15) is 5.10 Å². The number of likely N-dealkylation sites (N-methyl/N-ethyl adjacent to an activating group) is 1. The van der Waals surface area contributed by atoms with E-state index in [0.717, 1.165) is 36.4 Å². The summed E-state index contributed by atoms with van der Waals surface area (Å²) in [7, 11) is 2.11. The zero-order valence-electron chi connectivity index (χ0n) is 15.4. The van der Waals surface area contributed by atoms with Gasteiger partial charge in [0.2, 0.25) is 11.8 Å². The van der Waals surface area contributed by atoms with Gasteiger partial charge in [0.15, 0.2) is 5.82 Å². The molecule has 134 valence electrons. The van der Waals surface area contributed by atoms with Crippen molar-refractivity contribution in [3.05, 3.63) is 29.6 Å². The molecule has 1 aliphatic heterocycles. The van der Waals surface area contributed by atoms with E-state index in [9.17, 15) is 0 Å². The fourth-order valence-corrected chi connectivity index (χ4v) is 2.98. The maximum atomic E-state index is 5.75. The lowest BCUT2D eigenvalue weighted by Crippen LogP contribution is -2.58. The van der Waals surface area contributed by atoms with Gasteiger partial charge in [0.1, 0.15) is 0 Å². The average Bonchev–Trinajstić information content (AvgIpc) is 3.26. The Kier molecular flexibility index (Phi) is 3.98. The van der Waals surface area contributed by atoms with Crippen LogP contribution in [0, 0.1) is 0 Å². The van der Waals surface area contributed by atoms with Crippen LogP contribution < -0.4 is 4.90 Å². The van der Waals surface area contributed by atoms with E-state index in [1.165, 1.54) is 12.8 Å². The molecule has 2 aliphatic rings. The largest absolute Gasteiger partial charge is 0.424 e. The van der Waals surface area contributed by atoms with Gasteiger partial charge in [-0.25, -0.2) is 0 Å². The van der Waals surface area contributed by atoms with Crippen molar-refractivity contribution in [3.63, 3.8) is 0 Å². The molecule has 0 bridgehead atoms. The quantitative estimate of drug-likeness (QED) is 0.826. The van der Waals surface area contributed by atoms with Crippen LogP contribution in [0.3, 0.4) is 0 Å². The Morgan fingerprint density at radius 1 is 1.12 bits per heavy atom. The van der Waals surface area contributed by atoms with E-state index >= 15 is 0 Å². The van der Waals surface area contributed by atoms with Crippen molar-refractivity contribution in [1.82, 2.24) is 25.3 Å². The molecule has 0 unspecified atom stereocenters. The minimum Gasteiger partial charge on any atom is -0.424 e. The van der Waals surface area contributed by atoms with E-state index in [1.807, 2.05) is 0 Å². The average molecular weight is 342 g/mol. The zero-order chi connectivity index (χ0) is 17.6. The molecule has 4 rings (SSSR count). The van der Waals surface area contributed by atoms with Crippen LogP contribution >= 0.6 is 0 Å². The monoisotopic (exact) mass is 342 g/mol. The fourth-order valence-electron chi connectivity index (χ4n) is 2.98. The summed E-state index contributed by atoms with van der Waals surface area (Å²) in [6.45, 7) is 9.05. The highest BCUT2D eigenvalue weighted by Gasteiger charge is 2.33. The lowest BCUT2D eigenvalue weighted by molar-refractivity contribution is 0.179. The summed E-state index contributed by atoms with van der Waals surface area (Å²) >= 11 is 0. The van der Waals surface area contributed by atoms with Crippen molar-refractivity contribution < 1.29 is 4.42 Å². The Morgan fingerprint density at radius 2 is 1.88 bits per heavy atom. The fraction of sp³-hybridized carbons (Fsp3) is 0.667. The summed E-state index contributed by atoms with van der Waals surface area (Å²) in [5.41, 5.74) is 1.06. The lowest BCUT2D eigenvalue weighted by Gasteiger charge is -2.44. The Bertz CT molecular complexity index is 725. The second-order valence-corrected chi connectivity index (χ2v) is 8.31.